The van der Waals surface area contributed by atoms with Crippen LogP contribution >= 0.6 is 0 Å². The zero-order chi connectivity index (χ0) is 13.9. The molecule has 0 saturated heterocycles. The number of alkyl halides is 5. The van der Waals surface area contributed by atoms with Crippen LogP contribution in [-0.4, -0.2) is 48.8 Å². The van der Waals surface area contributed by atoms with Crippen LogP contribution in [0.3, 0.4) is 0 Å². The zero-order valence-electron chi connectivity index (χ0n) is 8.89. The fourth-order valence-corrected chi connectivity index (χ4v) is 0.639. The third-order valence-corrected chi connectivity index (χ3v) is 1.41. The average Bonchev–Trinajstić information content (AvgIpc) is 2.09. The molecule has 0 aromatic heterocycles. The molecule has 0 heterocycles. The highest BCUT2D eigenvalue weighted by molar-refractivity contribution is 5.84. The van der Waals surface area contributed by atoms with Gasteiger partial charge in [0.1, 0.15) is 0 Å². The summed E-state index contributed by atoms with van der Waals surface area (Å²) in [4.78, 5) is 11.6. The molecule has 0 spiro atoms. The van der Waals surface area contributed by atoms with Crippen molar-refractivity contribution in [3.63, 3.8) is 0 Å². The topological polar surface area (TPSA) is 49.8 Å². The van der Waals surface area contributed by atoms with Gasteiger partial charge in [0.15, 0.2) is 6.61 Å². The van der Waals surface area contributed by atoms with Gasteiger partial charge in [-0.3, -0.25) is 0 Å². The summed E-state index contributed by atoms with van der Waals surface area (Å²) in [5, 5.41) is 8.48. The molecule has 0 aromatic rings. The van der Waals surface area contributed by atoms with E-state index in [2.05, 4.69) is 4.74 Å². The van der Waals surface area contributed by atoms with E-state index in [9.17, 15) is 26.7 Å². The fourth-order valence-electron chi connectivity index (χ4n) is 0.639. The van der Waals surface area contributed by atoms with Crippen LogP contribution in [0.4, 0.5) is 22.0 Å². The minimum absolute atomic E-state index is 0.773. The Labute approximate surface area is 93.3 Å². The van der Waals surface area contributed by atoms with Gasteiger partial charge in [-0.2, -0.15) is 22.0 Å². The molecule has 4 nitrogen and oxygen atoms in total. The number of carboxylic acid groups (broad SMARTS) is 1. The summed E-state index contributed by atoms with van der Waals surface area (Å²) in [7, 11) is 2.71. The van der Waals surface area contributed by atoms with Crippen LogP contribution in [0.2, 0.25) is 0 Å². The predicted molar refractivity (Wildman–Crippen MR) is 46.4 cm³/mol. The van der Waals surface area contributed by atoms with Gasteiger partial charge in [0.05, 0.1) is 0 Å². The summed E-state index contributed by atoms with van der Waals surface area (Å²) >= 11 is 0. The van der Waals surface area contributed by atoms with Gasteiger partial charge in [-0.15, -0.1) is 0 Å². The van der Waals surface area contributed by atoms with Gasteiger partial charge >= 0.3 is 18.1 Å². The molecule has 0 aliphatic rings. The monoisotopic (exact) mass is 263 g/mol. The van der Waals surface area contributed by atoms with Gasteiger partial charge in [0.2, 0.25) is 5.76 Å². The lowest BCUT2D eigenvalue weighted by molar-refractivity contribution is -0.293. The van der Waals surface area contributed by atoms with E-state index in [1.807, 2.05) is 0 Å². The highest BCUT2D eigenvalue weighted by Gasteiger charge is 2.58. The van der Waals surface area contributed by atoms with Crippen LogP contribution in [0.15, 0.2) is 12.0 Å². The van der Waals surface area contributed by atoms with Gasteiger partial charge in [-0.05, 0) is 0 Å². The summed E-state index contributed by atoms with van der Waals surface area (Å²) in [6.45, 7) is -2.08. The maximum atomic E-state index is 12.4. The van der Waals surface area contributed by atoms with Crippen molar-refractivity contribution in [1.29, 1.82) is 0 Å². The van der Waals surface area contributed by atoms with Crippen LogP contribution in [0.5, 0.6) is 0 Å². The second-order valence-electron chi connectivity index (χ2n) is 3.25. The molecular weight excluding hydrogens is 253 g/mol. The lowest BCUT2D eigenvalue weighted by atomic mass is 10.3. The van der Waals surface area contributed by atoms with Crippen LogP contribution in [0, 0.1) is 0 Å². The van der Waals surface area contributed by atoms with E-state index in [1.165, 1.54) is 14.1 Å². The van der Waals surface area contributed by atoms with Crippen LogP contribution in [0.1, 0.15) is 0 Å². The molecule has 0 atom stereocenters. The first kappa shape index (κ1) is 15.5. The minimum atomic E-state index is -5.78. The van der Waals surface area contributed by atoms with E-state index in [-0.39, 0.29) is 0 Å². The second kappa shape index (κ2) is 5.19. The quantitative estimate of drug-likeness (QED) is 0.466. The number of hydrogen-bond acceptors (Lipinski definition) is 3. The second-order valence-corrected chi connectivity index (χ2v) is 3.25. The Kier molecular flexibility index (Phi) is 4.72. The van der Waals surface area contributed by atoms with Gasteiger partial charge in [0.25, 0.3) is 0 Å². The molecule has 0 aliphatic carbocycles. The smallest absolute Gasteiger partial charge is 0.456 e. The maximum Gasteiger partial charge on any atom is 0.456 e. The van der Waals surface area contributed by atoms with Gasteiger partial charge in [-0.1, -0.05) is 0 Å². The molecule has 0 aromatic carbocycles. The highest BCUT2D eigenvalue weighted by atomic mass is 19.4. The van der Waals surface area contributed by atoms with E-state index in [1.54, 1.807) is 0 Å². The Morgan fingerprint density at radius 3 is 2.06 bits per heavy atom. The summed E-state index contributed by atoms with van der Waals surface area (Å²) in [6.07, 6.45) is -5.01. The van der Waals surface area contributed by atoms with Crippen molar-refractivity contribution in [2.45, 2.75) is 12.1 Å². The zero-order valence-corrected chi connectivity index (χ0v) is 8.89. The molecule has 0 unspecified atom stereocenters. The predicted octanol–water partition coefficient (Wildman–Crippen LogP) is 1.69. The summed E-state index contributed by atoms with van der Waals surface area (Å²) < 4.78 is 64.0. The van der Waals surface area contributed by atoms with Gasteiger partial charge < -0.3 is 14.7 Å². The van der Waals surface area contributed by atoms with Crippen LogP contribution in [0.25, 0.3) is 0 Å². The minimum Gasteiger partial charge on any atom is -0.479 e. The van der Waals surface area contributed by atoms with Gasteiger partial charge in [0, 0.05) is 20.3 Å². The van der Waals surface area contributed by atoms with E-state index in [4.69, 9.17) is 5.11 Å². The Morgan fingerprint density at radius 1 is 1.29 bits per heavy atom. The molecule has 1 N–H and O–H groups in total. The Bertz CT molecular complexity index is 311. The van der Waals surface area contributed by atoms with Crippen LogP contribution < -0.4 is 0 Å². The molecule has 0 saturated carbocycles. The third kappa shape index (κ3) is 4.87. The van der Waals surface area contributed by atoms with Crippen molar-refractivity contribution in [2.24, 2.45) is 0 Å². The molecule has 0 radical (unpaired) electrons. The molecule has 9 heteroatoms. The number of hydrogen-bond donors (Lipinski definition) is 1. The number of nitrogens with zero attached hydrogens (tertiary/aromatic N) is 1. The average molecular weight is 263 g/mol. The van der Waals surface area contributed by atoms with E-state index >= 15 is 0 Å². The molecular formula is C8H10F5NO3. The summed E-state index contributed by atoms with van der Waals surface area (Å²) in [6, 6.07) is 0. The Balaban J connectivity index is 4.69. The molecule has 0 bridgehead atoms. The van der Waals surface area contributed by atoms with Crippen molar-refractivity contribution in [1.82, 2.24) is 4.90 Å². The van der Waals surface area contributed by atoms with E-state index < -0.39 is 30.4 Å². The van der Waals surface area contributed by atoms with Crippen molar-refractivity contribution < 1.29 is 36.6 Å². The molecule has 17 heavy (non-hydrogen) atoms. The van der Waals surface area contributed by atoms with Crippen molar-refractivity contribution in [3.8, 4) is 0 Å². The number of halogens is 5. The number of aliphatic carboxylic acids is 1. The molecule has 0 amide bonds. The number of rotatable bonds is 5. The van der Waals surface area contributed by atoms with Crippen LogP contribution in [-0.2, 0) is 9.53 Å². The summed E-state index contributed by atoms with van der Waals surface area (Å²) in [5.74, 6) is -7.84. The lowest BCUT2D eigenvalue weighted by Gasteiger charge is -2.20. The number of carboxylic acids is 1. The van der Waals surface area contributed by atoms with Crippen molar-refractivity contribution in [2.75, 3.05) is 20.7 Å². The van der Waals surface area contributed by atoms with Crippen molar-refractivity contribution >= 4 is 5.97 Å². The lowest BCUT2D eigenvalue weighted by Crippen LogP contribution is -2.41. The van der Waals surface area contributed by atoms with E-state index in [0.717, 1.165) is 11.1 Å². The SMILES string of the molecule is CN(C)/C=C(/OCC(F)(F)C(F)(F)F)C(=O)O. The highest BCUT2D eigenvalue weighted by Crippen LogP contribution is 2.35. The van der Waals surface area contributed by atoms with E-state index in [0.29, 0.717) is 0 Å². The first-order chi connectivity index (χ1) is 7.47. The van der Waals surface area contributed by atoms with Crippen molar-refractivity contribution in [3.05, 3.63) is 12.0 Å². The molecule has 0 rings (SSSR count). The molecule has 100 valence electrons. The maximum absolute atomic E-state index is 12.4. The number of ether oxygens (including phenoxy) is 1. The fraction of sp³-hybridized carbons (Fsp3) is 0.625. The third-order valence-electron chi connectivity index (χ3n) is 1.41. The Morgan fingerprint density at radius 2 is 1.76 bits per heavy atom. The first-order valence-corrected chi connectivity index (χ1v) is 4.16. The Hall–Kier alpha value is -1.54. The molecule has 0 aliphatic heterocycles. The first-order valence-electron chi connectivity index (χ1n) is 4.16. The van der Waals surface area contributed by atoms with Gasteiger partial charge in [-0.25, -0.2) is 4.79 Å². The standard InChI is InChI=1S/C8H10F5NO3/c1-14(2)3-5(6(15)16)17-4-7(9,10)8(11,12)13/h3H,4H2,1-2H3,(H,15,16)/b5-3+. The molecule has 0 fully saturated rings. The largest absolute Gasteiger partial charge is 0.479 e. The summed E-state index contributed by atoms with van der Waals surface area (Å²) in [5.41, 5.74) is 0. The number of carbonyl (C=O) groups is 1. The normalized spacial score (nSPS) is 13.5.